The normalized spacial score (nSPS) is 10.1. The maximum atomic E-state index is 12.4. The molecule has 0 fully saturated rings. The van der Waals surface area contributed by atoms with E-state index in [1.807, 2.05) is 0 Å². The van der Waals surface area contributed by atoms with Crippen molar-refractivity contribution >= 4 is 29.1 Å². The molecule has 1 heterocycles. The summed E-state index contributed by atoms with van der Waals surface area (Å²) in [7, 11) is 0. The standard InChI is InChI=1S/C16H14N4O7/c1-3-27-16(22)10-4-5-17-14(8-10)18-15(21)11-6-12(19(23)24)9(2)13(7-11)20(25)26/h4-8H,3H2,1-2H3,(H,17,18,21). The van der Waals surface area contributed by atoms with Crippen LogP contribution in [0.4, 0.5) is 17.2 Å². The Hall–Kier alpha value is -3.89. The number of amides is 1. The van der Waals surface area contributed by atoms with E-state index in [2.05, 4.69) is 10.3 Å². The summed E-state index contributed by atoms with van der Waals surface area (Å²) in [4.78, 5) is 48.5. The van der Waals surface area contributed by atoms with Crippen LogP contribution in [0.15, 0.2) is 30.5 Å². The fourth-order valence-electron chi connectivity index (χ4n) is 2.22. The Kier molecular flexibility index (Phi) is 5.75. The topological polar surface area (TPSA) is 155 Å². The van der Waals surface area contributed by atoms with Crippen molar-refractivity contribution in [2.24, 2.45) is 0 Å². The van der Waals surface area contributed by atoms with Gasteiger partial charge in [-0.25, -0.2) is 9.78 Å². The van der Waals surface area contributed by atoms with Gasteiger partial charge in [-0.2, -0.15) is 0 Å². The van der Waals surface area contributed by atoms with E-state index in [4.69, 9.17) is 4.74 Å². The van der Waals surface area contributed by atoms with Crippen LogP contribution >= 0.6 is 0 Å². The van der Waals surface area contributed by atoms with E-state index >= 15 is 0 Å². The minimum absolute atomic E-state index is 0.0172. The van der Waals surface area contributed by atoms with Gasteiger partial charge in [0.2, 0.25) is 0 Å². The molecule has 2 rings (SSSR count). The Morgan fingerprint density at radius 2 is 1.70 bits per heavy atom. The third-order valence-electron chi connectivity index (χ3n) is 3.52. The van der Waals surface area contributed by atoms with E-state index in [0.717, 1.165) is 12.1 Å². The summed E-state index contributed by atoms with van der Waals surface area (Å²) in [5.41, 5.74) is -1.42. The highest BCUT2D eigenvalue weighted by molar-refractivity contribution is 6.05. The lowest BCUT2D eigenvalue weighted by Crippen LogP contribution is -2.15. The fraction of sp³-hybridized carbons (Fsp3) is 0.188. The molecular weight excluding hydrogens is 360 g/mol. The van der Waals surface area contributed by atoms with Crippen molar-refractivity contribution in [2.45, 2.75) is 13.8 Å². The summed E-state index contributed by atoms with van der Waals surface area (Å²) in [6.45, 7) is 3.03. The zero-order valence-electron chi connectivity index (χ0n) is 14.3. The van der Waals surface area contributed by atoms with Crippen LogP contribution in [-0.2, 0) is 4.74 Å². The second kappa shape index (κ2) is 7.99. The van der Waals surface area contributed by atoms with Crippen LogP contribution in [-0.4, -0.2) is 33.3 Å². The van der Waals surface area contributed by atoms with Gasteiger partial charge in [-0.05, 0) is 26.0 Å². The first kappa shape index (κ1) is 19.4. The highest BCUT2D eigenvalue weighted by Gasteiger charge is 2.25. The fourth-order valence-corrected chi connectivity index (χ4v) is 2.22. The number of nitro groups is 2. The predicted octanol–water partition coefficient (Wildman–Crippen LogP) is 2.64. The molecule has 0 aliphatic heterocycles. The number of pyridine rings is 1. The molecule has 0 atom stereocenters. The molecule has 0 bridgehead atoms. The molecule has 1 N–H and O–H groups in total. The molecule has 140 valence electrons. The van der Waals surface area contributed by atoms with Crippen LogP contribution in [0.25, 0.3) is 0 Å². The lowest BCUT2D eigenvalue weighted by atomic mass is 10.1. The zero-order chi connectivity index (χ0) is 20.1. The second-order valence-electron chi connectivity index (χ2n) is 5.26. The van der Waals surface area contributed by atoms with Gasteiger partial charge in [0.1, 0.15) is 11.4 Å². The van der Waals surface area contributed by atoms with Gasteiger partial charge in [-0.3, -0.25) is 25.0 Å². The van der Waals surface area contributed by atoms with Crippen LogP contribution in [0.2, 0.25) is 0 Å². The number of ether oxygens (including phenoxy) is 1. The largest absolute Gasteiger partial charge is 0.462 e. The monoisotopic (exact) mass is 374 g/mol. The molecule has 0 aliphatic rings. The number of nitrogens with one attached hydrogen (secondary N) is 1. The summed E-state index contributed by atoms with van der Waals surface area (Å²) < 4.78 is 4.84. The molecular formula is C16H14N4O7. The van der Waals surface area contributed by atoms with Crippen molar-refractivity contribution in [3.05, 3.63) is 67.4 Å². The van der Waals surface area contributed by atoms with E-state index in [9.17, 15) is 29.8 Å². The Morgan fingerprint density at radius 1 is 1.11 bits per heavy atom. The van der Waals surface area contributed by atoms with Crippen molar-refractivity contribution in [3.63, 3.8) is 0 Å². The van der Waals surface area contributed by atoms with Gasteiger partial charge in [0, 0.05) is 18.3 Å². The maximum absolute atomic E-state index is 12.4. The van der Waals surface area contributed by atoms with Crippen LogP contribution in [0.5, 0.6) is 0 Å². The molecule has 1 aromatic heterocycles. The number of rotatable bonds is 6. The number of hydrogen-bond donors (Lipinski definition) is 1. The number of carbonyl (C=O) groups excluding carboxylic acids is 2. The SMILES string of the molecule is CCOC(=O)c1ccnc(NC(=O)c2cc([N+](=O)[O-])c(C)c([N+](=O)[O-])c2)c1. The highest BCUT2D eigenvalue weighted by Crippen LogP contribution is 2.29. The first-order chi connectivity index (χ1) is 12.7. The molecule has 1 amide bonds. The predicted molar refractivity (Wildman–Crippen MR) is 92.6 cm³/mol. The van der Waals surface area contributed by atoms with E-state index in [1.165, 1.54) is 25.3 Å². The molecule has 0 radical (unpaired) electrons. The maximum Gasteiger partial charge on any atom is 0.338 e. The summed E-state index contributed by atoms with van der Waals surface area (Å²) in [5.74, 6) is -1.48. The number of aromatic nitrogens is 1. The lowest BCUT2D eigenvalue weighted by molar-refractivity contribution is -0.395. The van der Waals surface area contributed by atoms with Crippen LogP contribution < -0.4 is 5.32 Å². The number of nitrogens with zero attached hydrogens (tertiary/aromatic N) is 3. The molecule has 0 unspecified atom stereocenters. The molecule has 11 heteroatoms. The van der Waals surface area contributed by atoms with Gasteiger partial charge in [0.05, 0.1) is 27.6 Å². The molecule has 0 spiro atoms. The van der Waals surface area contributed by atoms with Gasteiger partial charge in [-0.1, -0.05) is 0 Å². The van der Waals surface area contributed by atoms with Crippen molar-refractivity contribution in [2.75, 3.05) is 11.9 Å². The van der Waals surface area contributed by atoms with Crippen molar-refractivity contribution in [3.8, 4) is 0 Å². The molecule has 2 aromatic rings. The molecule has 1 aromatic carbocycles. The third-order valence-corrected chi connectivity index (χ3v) is 3.52. The van der Waals surface area contributed by atoms with Gasteiger partial charge >= 0.3 is 5.97 Å². The minimum Gasteiger partial charge on any atom is -0.462 e. The summed E-state index contributed by atoms with van der Waals surface area (Å²) in [6, 6.07) is 4.52. The smallest absolute Gasteiger partial charge is 0.338 e. The van der Waals surface area contributed by atoms with Gasteiger partial charge in [0.15, 0.2) is 0 Å². The second-order valence-corrected chi connectivity index (χ2v) is 5.26. The molecule has 0 aliphatic carbocycles. The van der Waals surface area contributed by atoms with Gasteiger partial charge < -0.3 is 10.1 Å². The number of hydrogen-bond acceptors (Lipinski definition) is 8. The quantitative estimate of drug-likeness (QED) is 0.459. The number of anilines is 1. The first-order valence-corrected chi connectivity index (χ1v) is 7.62. The minimum atomic E-state index is -0.852. The number of benzene rings is 1. The first-order valence-electron chi connectivity index (χ1n) is 7.62. The van der Waals surface area contributed by atoms with Crippen molar-refractivity contribution < 1.29 is 24.2 Å². The summed E-state index contributed by atoms with van der Waals surface area (Å²) in [5, 5.41) is 24.5. The Bertz CT molecular complexity index is 907. The van der Waals surface area contributed by atoms with Gasteiger partial charge in [0.25, 0.3) is 17.3 Å². The summed E-state index contributed by atoms with van der Waals surface area (Å²) in [6.07, 6.45) is 1.27. The van der Waals surface area contributed by atoms with Crippen molar-refractivity contribution in [1.82, 2.24) is 4.98 Å². The van der Waals surface area contributed by atoms with Crippen LogP contribution in [0, 0.1) is 27.2 Å². The van der Waals surface area contributed by atoms with Crippen LogP contribution in [0.1, 0.15) is 33.2 Å². The highest BCUT2D eigenvalue weighted by atomic mass is 16.6. The Balaban J connectivity index is 2.36. The Morgan fingerprint density at radius 3 is 2.22 bits per heavy atom. The molecule has 0 saturated carbocycles. The average Bonchev–Trinajstić information content (AvgIpc) is 2.61. The Labute approximate surface area is 152 Å². The number of nitro benzene ring substituents is 2. The molecule has 11 nitrogen and oxygen atoms in total. The van der Waals surface area contributed by atoms with E-state index in [0.29, 0.717) is 0 Å². The average molecular weight is 374 g/mol. The number of carbonyl (C=O) groups is 2. The lowest BCUT2D eigenvalue weighted by Gasteiger charge is -2.07. The van der Waals surface area contributed by atoms with Crippen LogP contribution in [0.3, 0.4) is 0 Å². The third kappa shape index (κ3) is 4.39. The van der Waals surface area contributed by atoms with E-state index in [-0.39, 0.29) is 29.1 Å². The van der Waals surface area contributed by atoms with Crippen molar-refractivity contribution in [1.29, 1.82) is 0 Å². The van der Waals surface area contributed by atoms with E-state index in [1.54, 1.807) is 6.92 Å². The van der Waals surface area contributed by atoms with E-state index < -0.39 is 33.1 Å². The number of esters is 1. The molecule has 0 saturated heterocycles. The van der Waals surface area contributed by atoms with Gasteiger partial charge in [-0.15, -0.1) is 0 Å². The summed E-state index contributed by atoms with van der Waals surface area (Å²) >= 11 is 0. The zero-order valence-corrected chi connectivity index (χ0v) is 14.3. The molecule has 27 heavy (non-hydrogen) atoms.